The van der Waals surface area contributed by atoms with Crippen molar-refractivity contribution in [2.45, 2.75) is 24.3 Å². The standard InChI is InChI=1S/C15H13BrF3N/c1-10-5-4-8-20-14(10)9-13(16)11-6-2-3-7-12(11)15(17,18)19/h2-8,13H,9H2,1H3. The van der Waals surface area contributed by atoms with Crippen LogP contribution in [0.3, 0.4) is 0 Å². The molecule has 1 unspecified atom stereocenters. The lowest BCUT2D eigenvalue weighted by Gasteiger charge is -2.17. The molecule has 2 aromatic rings. The van der Waals surface area contributed by atoms with E-state index in [1.807, 2.05) is 19.1 Å². The Morgan fingerprint density at radius 1 is 1.15 bits per heavy atom. The minimum Gasteiger partial charge on any atom is -0.261 e. The number of hydrogen-bond donors (Lipinski definition) is 0. The van der Waals surface area contributed by atoms with Gasteiger partial charge < -0.3 is 0 Å². The highest BCUT2D eigenvalue weighted by Crippen LogP contribution is 2.38. The highest BCUT2D eigenvalue weighted by molar-refractivity contribution is 9.09. The molecule has 0 saturated heterocycles. The Bertz CT molecular complexity index is 596. The molecule has 0 spiro atoms. The lowest BCUT2D eigenvalue weighted by Crippen LogP contribution is -2.11. The summed E-state index contributed by atoms with van der Waals surface area (Å²) >= 11 is 3.36. The van der Waals surface area contributed by atoms with Crippen LogP contribution >= 0.6 is 15.9 Å². The molecular weight excluding hydrogens is 331 g/mol. The Balaban J connectivity index is 2.31. The zero-order valence-electron chi connectivity index (χ0n) is 10.8. The van der Waals surface area contributed by atoms with Gasteiger partial charge in [0, 0.05) is 23.1 Å². The van der Waals surface area contributed by atoms with Crippen molar-refractivity contribution < 1.29 is 13.2 Å². The predicted molar refractivity (Wildman–Crippen MR) is 75.8 cm³/mol. The number of nitrogens with zero attached hydrogens (tertiary/aromatic N) is 1. The summed E-state index contributed by atoms with van der Waals surface area (Å²) in [7, 11) is 0. The van der Waals surface area contributed by atoms with Gasteiger partial charge in [-0.25, -0.2) is 0 Å². The van der Waals surface area contributed by atoms with Crippen molar-refractivity contribution in [1.29, 1.82) is 0 Å². The molecule has 0 aliphatic carbocycles. The second kappa shape index (κ2) is 5.95. The summed E-state index contributed by atoms with van der Waals surface area (Å²) in [5, 5.41) is 0. The fourth-order valence-corrected chi connectivity index (χ4v) is 2.75. The van der Waals surface area contributed by atoms with Crippen molar-refractivity contribution in [3.8, 4) is 0 Å². The van der Waals surface area contributed by atoms with Gasteiger partial charge in [-0.05, 0) is 30.2 Å². The lowest BCUT2D eigenvalue weighted by molar-refractivity contribution is -0.138. The molecule has 1 aromatic heterocycles. The molecule has 5 heteroatoms. The molecule has 1 aromatic carbocycles. The van der Waals surface area contributed by atoms with Crippen LogP contribution in [0.15, 0.2) is 42.6 Å². The minimum absolute atomic E-state index is 0.241. The van der Waals surface area contributed by atoms with Crippen molar-refractivity contribution in [3.05, 3.63) is 65.0 Å². The average Bonchev–Trinajstić information content (AvgIpc) is 2.40. The van der Waals surface area contributed by atoms with Gasteiger partial charge in [-0.1, -0.05) is 40.2 Å². The van der Waals surface area contributed by atoms with E-state index in [0.29, 0.717) is 6.42 Å². The molecule has 2 rings (SSSR count). The lowest BCUT2D eigenvalue weighted by atomic mass is 10.00. The van der Waals surface area contributed by atoms with Crippen molar-refractivity contribution in [1.82, 2.24) is 4.98 Å². The SMILES string of the molecule is Cc1cccnc1CC(Br)c1ccccc1C(F)(F)F. The van der Waals surface area contributed by atoms with E-state index in [2.05, 4.69) is 20.9 Å². The number of aryl methyl sites for hydroxylation is 1. The molecule has 0 amide bonds. The van der Waals surface area contributed by atoms with Gasteiger partial charge in [0.15, 0.2) is 0 Å². The second-order valence-electron chi connectivity index (χ2n) is 4.52. The molecule has 0 N–H and O–H groups in total. The van der Waals surface area contributed by atoms with E-state index in [0.717, 1.165) is 17.3 Å². The predicted octanol–water partition coefficient (Wildman–Crippen LogP) is 5.09. The number of rotatable bonds is 3. The first kappa shape index (κ1) is 15.0. The summed E-state index contributed by atoms with van der Waals surface area (Å²) < 4.78 is 39.0. The van der Waals surface area contributed by atoms with Crippen molar-refractivity contribution in [2.75, 3.05) is 0 Å². The van der Waals surface area contributed by atoms with Crippen LogP contribution in [0.1, 0.15) is 27.2 Å². The Morgan fingerprint density at radius 3 is 2.50 bits per heavy atom. The van der Waals surface area contributed by atoms with Crippen LogP contribution in [0, 0.1) is 6.92 Å². The van der Waals surface area contributed by atoms with E-state index in [1.54, 1.807) is 12.3 Å². The molecule has 0 aliphatic heterocycles. The number of benzene rings is 1. The van der Waals surface area contributed by atoms with Gasteiger partial charge in [0.1, 0.15) is 0 Å². The first-order chi connectivity index (χ1) is 9.39. The topological polar surface area (TPSA) is 12.9 Å². The highest BCUT2D eigenvalue weighted by Gasteiger charge is 2.34. The van der Waals surface area contributed by atoms with Crippen LogP contribution < -0.4 is 0 Å². The fraction of sp³-hybridized carbons (Fsp3) is 0.267. The largest absolute Gasteiger partial charge is 0.416 e. The maximum absolute atomic E-state index is 13.0. The maximum Gasteiger partial charge on any atom is 0.416 e. The molecule has 0 saturated carbocycles. The van der Waals surface area contributed by atoms with Crippen LogP contribution in [0.25, 0.3) is 0 Å². The van der Waals surface area contributed by atoms with Gasteiger partial charge in [-0.3, -0.25) is 4.98 Å². The van der Waals surface area contributed by atoms with Gasteiger partial charge in [0.25, 0.3) is 0 Å². The molecule has 1 heterocycles. The Kier molecular flexibility index (Phi) is 4.48. The third-order valence-corrected chi connectivity index (χ3v) is 3.91. The van der Waals surface area contributed by atoms with E-state index in [-0.39, 0.29) is 5.56 Å². The third kappa shape index (κ3) is 3.39. The number of alkyl halides is 4. The molecular formula is C15H13BrF3N. The molecule has 106 valence electrons. The number of aromatic nitrogens is 1. The highest BCUT2D eigenvalue weighted by atomic mass is 79.9. The maximum atomic E-state index is 13.0. The fourth-order valence-electron chi connectivity index (χ4n) is 2.04. The Hall–Kier alpha value is -1.36. The quantitative estimate of drug-likeness (QED) is 0.707. The zero-order chi connectivity index (χ0) is 14.8. The van der Waals surface area contributed by atoms with Crippen LogP contribution in [-0.4, -0.2) is 4.98 Å². The van der Waals surface area contributed by atoms with E-state index >= 15 is 0 Å². The number of halogens is 4. The molecule has 0 fully saturated rings. The molecule has 1 atom stereocenters. The summed E-state index contributed by atoms with van der Waals surface area (Å²) in [5.74, 6) is 0. The summed E-state index contributed by atoms with van der Waals surface area (Å²) in [4.78, 5) is 3.80. The number of pyridine rings is 1. The zero-order valence-corrected chi connectivity index (χ0v) is 12.4. The van der Waals surface area contributed by atoms with Gasteiger partial charge in [-0.15, -0.1) is 0 Å². The van der Waals surface area contributed by atoms with Crippen molar-refractivity contribution in [3.63, 3.8) is 0 Å². The third-order valence-electron chi connectivity index (χ3n) is 3.09. The van der Waals surface area contributed by atoms with Gasteiger partial charge in [0.05, 0.1) is 5.56 Å². The normalized spacial score (nSPS) is 13.2. The van der Waals surface area contributed by atoms with E-state index < -0.39 is 16.6 Å². The molecule has 0 aliphatic rings. The molecule has 0 bridgehead atoms. The van der Waals surface area contributed by atoms with Crippen LogP contribution in [0.2, 0.25) is 0 Å². The average molecular weight is 344 g/mol. The summed E-state index contributed by atoms with van der Waals surface area (Å²) in [6.45, 7) is 1.90. The van der Waals surface area contributed by atoms with Crippen molar-refractivity contribution in [2.24, 2.45) is 0 Å². The Morgan fingerprint density at radius 2 is 1.85 bits per heavy atom. The van der Waals surface area contributed by atoms with Gasteiger partial charge in [0.2, 0.25) is 0 Å². The molecule has 0 radical (unpaired) electrons. The van der Waals surface area contributed by atoms with Crippen LogP contribution in [-0.2, 0) is 12.6 Å². The van der Waals surface area contributed by atoms with Crippen molar-refractivity contribution >= 4 is 15.9 Å². The van der Waals surface area contributed by atoms with E-state index in [1.165, 1.54) is 12.1 Å². The molecule has 1 nitrogen and oxygen atoms in total. The summed E-state index contributed by atoms with van der Waals surface area (Å²) in [5.41, 5.74) is 1.41. The molecule has 20 heavy (non-hydrogen) atoms. The summed E-state index contributed by atoms with van der Waals surface area (Å²) in [6, 6.07) is 9.33. The minimum atomic E-state index is -4.35. The monoisotopic (exact) mass is 343 g/mol. The smallest absolute Gasteiger partial charge is 0.261 e. The summed E-state index contributed by atoms with van der Waals surface area (Å²) in [6.07, 6.45) is -2.28. The Labute approximate surface area is 124 Å². The van der Waals surface area contributed by atoms with E-state index in [9.17, 15) is 13.2 Å². The van der Waals surface area contributed by atoms with Gasteiger partial charge in [-0.2, -0.15) is 13.2 Å². The van der Waals surface area contributed by atoms with Crippen LogP contribution in [0.5, 0.6) is 0 Å². The van der Waals surface area contributed by atoms with Crippen LogP contribution in [0.4, 0.5) is 13.2 Å². The first-order valence-electron chi connectivity index (χ1n) is 6.10. The first-order valence-corrected chi connectivity index (χ1v) is 7.02. The van der Waals surface area contributed by atoms with Gasteiger partial charge >= 0.3 is 6.18 Å². The van der Waals surface area contributed by atoms with E-state index in [4.69, 9.17) is 0 Å². The second-order valence-corrected chi connectivity index (χ2v) is 5.63. The number of hydrogen-bond acceptors (Lipinski definition) is 1.